The number of allylic oxidation sites excluding steroid dienone is 2. The molecule has 0 atom stereocenters. The number of rotatable bonds is 35. The van der Waals surface area contributed by atoms with E-state index in [0.29, 0.717) is 12.8 Å². The minimum atomic E-state index is -5.01. The van der Waals surface area contributed by atoms with E-state index in [1.165, 1.54) is 128 Å². The molecule has 0 amide bonds. The first-order valence-corrected chi connectivity index (χ1v) is 21.4. The monoisotopic (exact) mass is 740 g/mol. The molecule has 0 N–H and O–H groups in total. The Morgan fingerprint density at radius 2 is 0.843 bits per heavy atom. The zero-order valence-corrected chi connectivity index (χ0v) is 35.1. The standard InChI is InChI=1S/C42H70O7S.Na/c1-3-5-7-9-11-13-15-17-19-21-23-25-27-29-31-36-48-41(43)38-34-33-35-39(50(45,46)47)40(38)42(44)49-37-32-30-28-26-24-22-20-18-16-14-12-10-8-6-4-2;/h3-4,33-35H,1-2,5-32,36-37H2,(H,45,46,47);/q;+1/p-1. The number of hydrogen-bond acceptors (Lipinski definition) is 7. The van der Waals surface area contributed by atoms with Crippen LogP contribution in [0.2, 0.25) is 0 Å². The topological polar surface area (TPSA) is 110 Å². The van der Waals surface area contributed by atoms with Crippen molar-refractivity contribution in [1.82, 2.24) is 0 Å². The number of carbonyl (C=O) groups excluding carboxylic acids is 2. The van der Waals surface area contributed by atoms with Crippen LogP contribution < -0.4 is 29.6 Å². The molecule has 0 saturated carbocycles. The van der Waals surface area contributed by atoms with Crippen LogP contribution in [0.5, 0.6) is 0 Å². The third-order valence-corrected chi connectivity index (χ3v) is 10.2. The number of esters is 2. The average Bonchev–Trinajstić information content (AvgIpc) is 3.10. The van der Waals surface area contributed by atoms with Crippen LogP contribution in [-0.4, -0.2) is 38.1 Å². The van der Waals surface area contributed by atoms with E-state index >= 15 is 0 Å². The maximum absolute atomic E-state index is 13.0. The predicted octanol–water partition coefficient (Wildman–Crippen LogP) is 9.20. The van der Waals surface area contributed by atoms with Gasteiger partial charge in [0.2, 0.25) is 0 Å². The van der Waals surface area contributed by atoms with E-state index in [9.17, 15) is 22.6 Å². The van der Waals surface area contributed by atoms with Crippen molar-refractivity contribution >= 4 is 22.1 Å². The molecule has 9 heteroatoms. The van der Waals surface area contributed by atoms with Crippen LogP contribution >= 0.6 is 0 Å². The van der Waals surface area contributed by atoms with E-state index in [4.69, 9.17) is 9.47 Å². The summed E-state index contributed by atoms with van der Waals surface area (Å²) in [5, 5.41) is 0. The van der Waals surface area contributed by atoms with Crippen molar-refractivity contribution in [1.29, 1.82) is 0 Å². The second kappa shape index (κ2) is 34.3. The molecule has 0 fully saturated rings. The van der Waals surface area contributed by atoms with Gasteiger partial charge in [-0.1, -0.05) is 159 Å². The third kappa shape index (κ3) is 26.9. The van der Waals surface area contributed by atoms with Crippen molar-refractivity contribution in [2.75, 3.05) is 13.2 Å². The van der Waals surface area contributed by atoms with Crippen molar-refractivity contribution in [3.8, 4) is 0 Å². The maximum Gasteiger partial charge on any atom is 1.00 e. The van der Waals surface area contributed by atoms with Gasteiger partial charge in [-0.3, -0.25) is 0 Å². The van der Waals surface area contributed by atoms with Gasteiger partial charge < -0.3 is 14.0 Å². The maximum atomic E-state index is 13.0. The predicted molar refractivity (Wildman–Crippen MR) is 205 cm³/mol. The van der Waals surface area contributed by atoms with Gasteiger partial charge in [-0.25, -0.2) is 18.0 Å². The van der Waals surface area contributed by atoms with Gasteiger partial charge in [0, 0.05) is 0 Å². The van der Waals surface area contributed by atoms with Gasteiger partial charge in [0.05, 0.1) is 29.2 Å². The van der Waals surface area contributed by atoms with Gasteiger partial charge in [0.1, 0.15) is 10.1 Å². The Labute approximate surface area is 334 Å². The van der Waals surface area contributed by atoms with Crippen molar-refractivity contribution in [2.45, 2.75) is 185 Å². The van der Waals surface area contributed by atoms with Gasteiger partial charge >= 0.3 is 41.5 Å². The molecule has 1 aromatic rings. The molecule has 1 aromatic carbocycles. The summed E-state index contributed by atoms with van der Waals surface area (Å²) in [5.74, 6) is -1.82. The number of carbonyl (C=O) groups is 2. The molecule has 0 radical (unpaired) electrons. The SMILES string of the molecule is C=CCCCCCCCCCCCCCCCOC(=O)c1cccc(S(=O)(=O)[O-])c1C(=O)OCCCCCCCCCCCCCCCC=C.[Na+]. The molecule has 0 unspecified atom stereocenters. The second-order valence-corrected chi connectivity index (χ2v) is 15.1. The molecule has 0 aromatic heterocycles. The Morgan fingerprint density at radius 1 is 0.529 bits per heavy atom. The van der Waals surface area contributed by atoms with Crippen molar-refractivity contribution in [3.63, 3.8) is 0 Å². The fraction of sp³-hybridized carbons (Fsp3) is 0.714. The van der Waals surface area contributed by atoms with E-state index < -0.39 is 32.5 Å². The van der Waals surface area contributed by atoms with E-state index in [1.807, 2.05) is 12.2 Å². The van der Waals surface area contributed by atoms with Crippen molar-refractivity contribution < 1.29 is 61.6 Å². The Hall–Kier alpha value is -1.45. The summed E-state index contributed by atoms with van der Waals surface area (Å²) in [6.07, 6.45) is 36.8. The minimum absolute atomic E-state index is 0. The summed E-state index contributed by atoms with van der Waals surface area (Å²) in [6, 6.07) is 3.61. The molecule has 51 heavy (non-hydrogen) atoms. The zero-order valence-electron chi connectivity index (χ0n) is 32.3. The van der Waals surface area contributed by atoms with Gasteiger partial charge in [0.25, 0.3) is 0 Å². The van der Waals surface area contributed by atoms with E-state index in [-0.39, 0.29) is 48.3 Å². The first-order chi connectivity index (χ1) is 24.3. The summed E-state index contributed by atoms with van der Waals surface area (Å²) in [6.45, 7) is 7.78. The van der Waals surface area contributed by atoms with Crippen LogP contribution in [-0.2, 0) is 19.6 Å². The summed E-state index contributed by atoms with van der Waals surface area (Å²) in [7, 11) is -5.01. The number of ether oxygens (including phenoxy) is 2. The zero-order chi connectivity index (χ0) is 36.5. The van der Waals surface area contributed by atoms with Gasteiger partial charge in [-0.15, -0.1) is 13.2 Å². The molecule has 0 aliphatic heterocycles. The quantitative estimate of drug-likeness (QED) is 0.0224. The van der Waals surface area contributed by atoms with Crippen LogP contribution in [0.15, 0.2) is 48.4 Å². The molecule has 286 valence electrons. The molecule has 0 aliphatic rings. The number of hydrogen-bond donors (Lipinski definition) is 0. The van der Waals surface area contributed by atoms with Crippen LogP contribution in [0.1, 0.15) is 200 Å². The van der Waals surface area contributed by atoms with Gasteiger partial charge in [-0.05, 0) is 50.7 Å². The molecule has 0 bridgehead atoms. The summed E-state index contributed by atoms with van der Waals surface area (Å²) in [5.41, 5.74) is -0.784. The summed E-state index contributed by atoms with van der Waals surface area (Å²) >= 11 is 0. The third-order valence-electron chi connectivity index (χ3n) is 9.29. The molecular weight excluding hydrogens is 672 g/mol. The number of unbranched alkanes of at least 4 members (excludes halogenated alkanes) is 26. The van der Waals surface area contributed by atoms with Crippen molar-refractivity contribution in [2.24, 2.45) is 0 Å². The minimum Gasteiger partial charge on any atom is -0.744 e. The summed E-state index contributed by atoms with van der Waals surface area (Å²) in [4.78, 5) is 25.1. The first kappa shape index (κ1) is 49.6. The Balaban J connectivity index is 0.0000250. The largest absolute Gasteiger partial charge is 1.00 e. The van der Waals surface area contributed by atoms with E-state index in [0.717, 1.165) is 57.4 Å². The Morgan fingerprint density at radius 3 is 1.18 bits per heavy atom. The Bertz CT molecular complexity index is 1150. The molecule has 0 saturated heterocycles. The number of benzene rings is 1. The van der Waals surface area contributed by atoms with E-state index in [2.05, 4.69) is 13.2 Å². The van der Waals surface area contributed by atoms with Gasteiger partial charge in [-0.2, -0.15) is 0 Å². The van der Waals surface area contributed by atoms with Crippen LogP contribution in [0.3, 0.4) is 0 Å². The fourth-order valence-corrected chi connectivity index (χ4v) is 6.96. The van der Waals surface area contributed by atoms with Crippen molar-refractivity contribution in [3.05, 3.63) is 54.6 Å². The van der Waals surface area contributed by atoms with Crippen LogP contribution in [0.25, 0.3) is 0 Å². The normalized spacial score (nSPS) is 11.2. The molecule has 0 spiro atoms. The first-order valence-electron chi connectivity index (χ1n) is 20.0. The van der Waals surface area contributed by atoms with Crippen LogP contribution in [0, 0.1) is 0 Å². The fourth-order valence-electron chi connectivity index (χ4n) is 6.27. The second-order valence-electron chi connectivity index (χ2n) is 13.8. The average molecular weight is 741 g/mol. The molecular formula is C42H69NaO7S. The Kier molecular flexibility index (Phi) is 33.4. The molecule has 0 aliphatic carbocycles. The molecule has 1 rings (SSSR count). The molecule has 0 heterocycles. The summed E-state index contributed by atoms with van der Waals surface area (Å²) < 4.78 is 46.6. The van der Waals surface area contributed by atoms with Gasteiger partial charge in [0.15, 0.2) is 0 Å². The van der Waals surface area contributed by atoms with E-state index in [1.54, 1.807) is 0 Å². The molecule has 7 nitrogen and oxygen atoms in total. The van der Waals surface area contributed by atoms with Crippen LogP contribution in [0.4, 0.5) is 0 Å². The smallest absolute Gasteiger partial charge is 0.744 e.